The third-order valence-corrected chi connectivity index (χ3v) is 3.95. The van der Waals surface area contributed by atoms with Crippen molar-refractivity contribution in [3.05, 3.63) is 90.0 Å². The van der Waals surface area contributed by atoms with E-state index in [-0.39, 0.29) is 5.84 Å². The number of rotatable bonds is 5. The number of hydrogen-bond donors (Lipinski definition) is 3. The first-order valence-corrected chi connectivity index (χ1v) is 8.36. The van der Waals surface area contributed by atoms with Gasteiger partial charge in [-0.2, -0.15) is 0 Å². The average molecular weight is 330 g/mol. The highest BCUT2D eigenvalue weighted by atomic mass is 14.9. The van der Waals surface area contributed by atoms with E-state index in [0.29, 0.717) is 18.3 Å². The summed E-state index contributed by atoms with van der Waals surface area (Å²) in [6.07, 6.45) is 9.94. The van der Waals surface area contributed by atoms with Crippen LogP contribution in [0.4, 0.5) is 5.69 Å². The van der Waals surface area contributed by atoms with E-state index in [0.717, 1.165) is 23.2 Å². The summed E-state index contributed by atoms with van der Waals surface area (Å²) in [5.41, 5.74) is 8.94. The molecule has 0 heterocycles. The third kappa shape index (κ3) is 4.91. The Morgan fingerprint density at radius 1 is 1.12 bits per heavy atom. The van der Waals surface area contributed by atoms with Crippen LogP contribution in [-0.4, -0.2) is 17.7 Å². The first kappa shape index (κ1) is 16.7. The number of nitrogens with two attached hydrogens (primary N) is 1. The zero-order valence-electron chi connectivity index (χ0n) is 14.0. The fourth-order valence-electron chi connectivity index (χ4n) is 2.73. The van der Waals surface area contributed by atoms with Crippen molar-refractivity contribution >= 4 is 17.4 Å². The number of benzene rings is 2. The van der Waals surface area contributed by atoms with E-state index in [2.05, 4.69) is 46.7 Å². The second-order valence-corrected chi connectivity index (χ2v) is 5.99. The summed E-state index contributed by atoms with van der Waals surface area (Å²) in [5, 5.41) is 11.5. The van der Waals surface area contributed by atoms with E-state index >= 15 is 0 Å². The average Bonchev–Trinajstić information content (AvgIpc) is 2.63. The Morgan fingerprint density at radius 3 is 2.72 bits per heavy atom. The number of anilines is 1. The molecule has 126 valence electrons. The summed E-state index contributed by atoms with van der Waals surface area (Å²) in [6, 6.07) is 17.9. The minimum atomic E-state index is 0.187. The fraction of sp³-hybridized carbons (Fsp3) is 0.143. The van der Waals surface area contributed by atoms with E-state index in [4.69, 9.17) is 11.1 Å². The van der Waals surface area contributed by atoms with Gasteiger partial charge in [-0.15, -0.1) is 0 Å². The maximum absolute atomic E-state index is 8.04. The van der Waals surface area contributed by atoms with Gasteiger partial charge in [-0.1, -0.05) is 66.8 Å². The molecule has 0 radical (unpaired) electrons. The van der Waals surface area contributed by atoms with Crippen molar-refractivity contribution in [3.63, 3.8) is 0 Å². The number of nitrogens with one attached hydrogen (secondary N) is 2. The van der Waals surface area contributed by atoms with Gasteiger partial charge >= 0.3 is 0 Å². The number of allylic oxidation sites excluding steroid dienone is 2. The first-order valence-electron chi connectivity index (χ1n) is 8.36. The topological polar surface area (TPSA) is 74.3 Å². The normalized spacial score (nSPS) is 16.6. The maximum Gasteiger partial charge on any atom is 0.153 e. The van der Waals surface area contributed by atoms with Crippen molar-refractivity contribution in [2.75, 3.05) is 5.32 Å². The Morgan fingerprint density at radius 2 is 1.96 bits per heavy atom. The molecule has 1 atom stereocenters. The standard InChI is InChI=1S/C21H22N4/c22-20(25-21(23)17-9-3-1-4-10-17)15-16-8-7-13-19(14-16)24-18-11-5-2-6-12-18/h1-11,13-14,18,24H,12,15H2,(H3,22,23,25)/t18-/m1/s1. The number of amidine groups is 2. The van der Waals surface area contributed by atoms with Gasteiger partial charge in [0.1, 0.15) is 5.84 Å². The third-order valence-electron chi connectivity index (χ3n) is 3.95. The predicted molar refractivity (Wildman–Crippen MR) is 105 cm³/mol. The minimum absolute atomic E-state index is 0.187. The first-order chi connectivity index (χ1) is 12.2. The summed E-state index contributed by atoms with van der Waals surface area (Å²) in [7, 11) is 0. The number of aliphatic imine (C=N–C) groups is 1. The van der Waals surface area contributed by atoms with Gasteiger partial charge in [0.2, 0.25) is 0 Å². The molecule has 4 nitrogen and oxygen atoms in total. The molecule has 1 aliphatic rings. The SMILES string of the molecule is N=C(/N=C(\N)Cc1cccc(N[C@@H]2C=CC=CC2)c1)c1ccccc1. The molecule has 2 aromatic carbocycles. The summed E-state index contributed by atoms with van der Waals surface area (Å²) in [6.45, 7) is 0. The molecular weight excluding hydrogens is 308 g/mol. The molecule has 0 saturated heterocycles. The molecule has 4 heteroatoms. The molecule has 25 heavy (non-hydrogen) atoms. The van der Waals surface area contributed by atoms with Gasteiger partial charge in [-0.05, 0) is 24.1 Å². The van der Waals surface area contributed by atoms with E-state index in [1.807, 2.05) is 42.5 Å². The smallest absolute Gasteiger partial charge is 0.153 e. The minimum Gasteiger partial charge on any atom is -0.387 e. The second-order valence-electron chi connectivity index (χ2n) is 5.99. The molecule has 0 saturated carbocycles. The van der Waals surface area contributed by atoms with Crippen LogP contribution in [0.1, 0.15) is 17.5 Å². The van der Waals surface area contributed by atoms with Crippen molar-refractivity contribution in [3.8, 4) is 0 Å². The zero-order valence-corrected chi connectivity index (χ0v) is 14.0. The van der Waals surface area contributed by atoms with Crippen molar-refractivity contribution in [1.82, 2.24) is 0 Å². The van der Waals surface area contributed by atoms with E-state index in [9.17, 15) is 0 Å². The summed E-state index contributed by atoms with van der Waals surface area (Å²) < 4.78 is 0. The van der Waals surface area contributed by atoms with Gasteiger partial charge in [0, 0.05) is 23.7 Å². The lowest BCUT2D eigenvalue weighted by atomic mass is 10.1. The maximum atomic E-state index is 8.04. The molecule has 2 aromatic rings. The van der Waals surface area contributed by atoms with Crippen LogP contribution < -0.4 is 11.1 Å². The predicted octanol–water partition coefficient (Wildman–Crippen LogP) is 3.91. The summed E-state index contributed by atoms with van der Waals surface area (Å²) in [4.78, 5) is 4.22. The Labute approximate surface area is 148 Å². The van der Waals surface area contributed by atoms with Crippen LogP contribution in [0.2, 0.25) is 0 Å². The van der Waals surface area contributed by atoms with Crippen LogP contribution in [0.3, 0.4) is 0 Å². The van der Waals surface area contributed by atoms with Crippen LogP contribution in [0, 0.1) is 5.41 Å². The van der Waals surface area contributed by atoms with Crippen LogP contribution in [0.25, 0.3) is 0 Å². The lowest BCUT2D eigenvalue weighted by molar-refractivity contribution is 0.883. The Balaban J connectivity index is 1.65. The van der Waals surface area contributed by atoms with Crippen molar-refractivity contribution in [2.45, 2.75) is 18.9 Å². The van der Waals surface area contributed by atoms with Crippen LogP contribution in [0.5, 0.6) is 0 Å². The molecule has 3 rings (SSSR count). The highest BCUT2D eigenvalue weighted by Crippen LogP contribution is 2.16. The monoisotopic (exact) mass is 330 g/mol. The Kier molecular flexibility index (Phi) is 5.42. The van der Waals surface area contributed by atoms with Crippen molar-refractivity contribution < 1.29 is 0 Å². The largest absolute Gasteiger partial charge is 0.387 e. The van der Waals surface area contributed by atoms with Crippen molar-refractivity contribution in [2.24, 2.45) is 10.7 Å². The molecule has 0 unspecified atom stereocenters. The fourth-order valence-corrected chi connectivity index (χ4v) is 2.73. The lowest BCUT2D eigenvalue weighted by Crippen LogP contribution is -2.19. The van der Waals surface area contributed by atoms with Crippen molar-refractivity contribution in [1.29, 1.82) is 5.41 Å². The van der Waals surface area contributed by atoms with E-state index in [1.165, 1.54) is 0 Å². The molecule has 0 aliphatic heterocycles. The molecule has 0 amide bonds. The van der Waals surface area contributed by atoms with E-state index < -0.39 is 0 Å². The number of nitrogens with zero attached hydrogens (tertiary/aromatic N) is 1. The molecule has 0 spiro atoms. The molecular formula is C21H22N4. The molecule has 0 bridgehead atoms. The molecule has 0 fully saturated rings. The van der Waals surface area contributed by atoms with Gasteiger partial charge in [0.25, 0.3) is 0 Å². The molecule has 4 N–H and O–H groups in total. The highest BCUT2D eigenvalue weighted by Gasteiger charge is 2.06. The quantitative estimate of drug-likeness (QED) is 0.574. The molecule has 0 aromatic heterocycles. The van der Waals surface area contributed by atoms with Gasteiger partial charge in [-0.3, -0.25) is 5.41 Å². The lowest BCUT2D eigenvalue weighted by Gasteiger charge is -2.17. The Hall–Kier alpha value is -3.14. The van der Waals surface area contributed by atoms with Crippen LogP contribution >= 0.6 is 0 Å². The summed E-state index contributed by atoms with van der Waals surface area (Å²) in [5.74, 6) is 0.623. The van der Waals surface area contributed by atoms with Crippen LogP contribution in [-0.2, 0) is 6.42 Å². The van der Waals surface area contributed by atoms with Gasteiger partial charge in [-0.25, -0.2) is 4.99 Å². The summed E-state index contributed by atoms with van der Waals surface area (Å²) >= 11 is 0. The number of hydrogen-bond acceptors (Lipinski definition) is 2. The highest BCUT2D eigenvalue weighted by molar-refractivity contribution is 6.04. The van der Waals surface area contributed by atoms with Gasteiger partial charge < -0.3 is 11.1 Å². The van der Waals surface area contributed by atoms with E-state index in [1.54, 1.807) is 0 Å². The Bertz CT molecular complexity index is 819. The second kappa shape index (κ2) is 8.11. The van der Waals surface area contributed by atoms with Crippen LogP contribution in [0.15, 0.2) is 83.9 Å². The van der Waals surface area contributed by atoms with Gasteiger partial charge in [0.15, 0.2) is 5.84 Å². The zero-order chi connectivity index (χ0) is 17.5. The molecule has 1 aliphatic carbocycles. The van der Waals surface area contributed by atoms with Gasteiger partial charge in [0.05, 0.1) is 0 Å².